The molecule has 0 radical (unpaired) electrons. The van der Waals surface area contributed by atoms with Crippen molar-refractivity contribution < 1.29 is 4.42 Å². The van der Waals surface area contributed by atoms with Gasteiger partial charge in [0.1, 0.15) is 5.76 Å². The lowest BCUT2D eigenvalue weighted by atomic mass is 9.95. The van der Waals surface area contributed by atoms with Crippen LogP contribution in [0.5, 0.6) is 0 Å². The molecule has 3 nitrogen and oxygen atoms in total. The van der Waals surface area contributed by atoms with Crippen LogP contribution < -0.4 is 5.32 Å². The van der Waals surface area contributed by atoms with Crippen LogP contribution in [0, 0.1) is 20.8 Å². The summed E-state index contributed by atoms with van der Waals surface area (Å²) in [5, 5.41) is 3.50. The van der Waals surface area contributed by atoms with Crippen LogP contribution in [0.15, 0.2) is 22.7 Å². The van der Waals surface area contributed by atoms with Crippen molar-refractivity contribution in [3.63, 3.8) is 0 Å². The Morgan fingerprint density at radius 2 is 1.85 bits per heavy atom. The number of hydrogen-bond acceptors (Lipinski definition) is 3. The number of aromatic nitrogens is 1. The SMILES string of the molecule is CCc1cnc(CNC(C)c2c(C)cc(C)cc2C)o1. The fraction of sp³-hybridized carbons (Fsp3) is 0.471. The predicted molar refractivity (Wildman–Crippen MR) is 81.8 cm³/mol. The molecule has 1 aromatic carbocycles. The summed E-state index contributed by atoms with van der Waals surface area (Å²) in [4.78, 5) is 4.28. The minimum atomic E-state index is 0.285. The van der Waals surface area contributed by atoms with Crippen LogP contribution in [-0.4, -0.2) is 4.98 Å². The van der Waals surface area contributed by atoms with Gasteiger partial charge in [-0.05, 0) is 44.4 Å². The molecule has 1 unspecified atom stereocenters. The molecule has 0 amide bonds. The molecule has 20 heavy (non-hydrogen) atoms. The van der Waals surface area contributed by atoms with Crippen molar-refractivity contribution in [2.45, 2.75) is 53.6 Å². The average molecular weight is 272 g/mol. The molecule has 3 heteroatoms. The van der Waals surface area contributed by atoms with Crippen molar-refractivity contribution in [1.29, 1.82) is 0 Å². The molecular formula is C17H24N2O. The number of oxazole rings is 1. The minimum absolute atomic E-state index is 0.285. The zero-order chi connectivity index (χ0) is 14.7. The largest absolute Gasteiger partial charge is 0.444 e. The van der Waals surface area contributed by atoms with Gasteiger partial charge in [0.2, 0.25) is 5.89 Å². The van der Waals surface area contributed by atoms with Crippen LogP contribution >= 0.6 is 0 Å². The maximum absolute atomic E-state index is 5.63. The topological polar surface area (TPSA) is 38.1 Å². The first-order valence-electron chi connectivity index (χ1n) is 7.26. The number of benzene rings is 1. The van der Waals surface area contributed by atoms with Gasteiger partial charge in [0.15, 0.2) is 0 Å². The normalized spacial score (nSPS) is 12.7. The standard InChI is InChI=1S/C17H24N2O/c1-6-15-9-19-16(20-15)10-18-14(5)17-12(3)7-11(2)8-13(17)4/h7-9,14,18H,6,10H2,1-5H3. The number of aryl methyl sites for hydroxylation is 4. The molecule has 0 bridgehead atoms. The molecule has 108 valence electrons. The van der Waals surface area contributed by atoms with Crippen molar-refractivity contribution in [2.75, 3.05) is 0 Å². The molecule has 0 spiro atoms. The van der Waals surface area contributed by atoms with Crippen molar-refractivity contribution in [1.82, 2.24) is 10.3 Å². The summed E-state index contributed by atoms with van der Waals surface area (Å²) in [5.41, 5.74) is 5.36. The average Bonchev–Trinajstić information content (AvgIpc) is 2.83. The van der Waals surface area contributed by atoms with Gasteiger partial charge in [-0.25, -0.2) is 4.98 Å². The van der Waals surface area contributed by atoms with Gasteiger partial charge < -0.3 is 9.73 Å². The molecule has 0 saturated carbocycles. The highest BCUT2D eigenvalue weighted by atomic mass is 16.4. The highest BCUT2D eigenvalue weighted by Crippen LogP contribution is 2.23. The first-order chi connectivity index (χ1) is 9.51. The van der Waals surface area contributed by atoms with Crippen LogP contribution in [0.25, 0.3) is 0 Å². The predicted octanol–water partition coefficient (Wildman–Crippen LogP) is 4.01. The van der Waals surface area contributed by atoms with Gasteiger partial charge in [0, 0.05) is 12.5 Å². The van der Waals surface area contributed by atoms with Gasteiger partial charge in [0.25, 0.3) is 0 Å². The minimum Gasteiger partial charge on any atom is -0.444 e. The Morgan fingerprint density at radius 3 is 2.40 bits per heavy atom. The Labute approximate surface area is 121 Å². The molecule has 0 fully saturated rings. The first-order valence-corrected chi connectivity index (χ1v) is 7.26. The third-order valence-electron chi connectivity index (χ3n) is 3.68. The van der Waals surface area contributed by atoms with Crippen LogP contribution in [-0.2, 0) is 13.0 Å². The number of nitrogens with zero attached hydrogens (tertiary/aromatic N) is 1. The summed E-state index contributed by atoms with van der Waals surface area (Å²) in [5.74, 6) is 1.70. The molecule has 0 aliphatic rings. The van der Waals surface area contributed by atoms with Gasteiger partial charge in [-0.1, -0.05) is 24.6 Å². The van der Waals surface area contributed by atoms with E-state index in [0.29, 0.717) is 6.54 Å². The van der Waals surface area contributed by atoms with E-state index in [9.17, 15) is 0 Å². The molecule has 1 atom stereocenters. The molecular weight excluding hydrogens is 248 g/mol. The summed E-state index contributed by atoms with van der Waals surface area (Å²) in [6.45, 7) is 11.4. The van der Waals surface area contributed by atoms with Gasteiger partial charge in [0.05, 0.1) is 12.7 Å². The van der Waals surface area contributed by atoms with Crippen molar-refractivity contribution >= 4 is 0 Å². The van der Waals surface area contributed by atoms with E-state index in [1.807, 2.05) is 6.20 Å². The monoisotopic (exact) mass is 272 g/mol. The van der Waals surface area contributed by atoms with E-state index in [4.69, 9.17) is 4.42 Å². The highest BCUT2D eigenvalue weighted by molar-refractivity contribution is 5.39. The summed E-state index contributed by atoms with van der Waals surface area (Å²) in [7, 11) is 0. The van der Waals surface area contributed by atoms with Crippen molar-refractivity contribution in [2.24, 2.45) is 0 Å². The summed E-state index contributed by atoms with van der Waals surface area (Å²) in [6, 6.07) is 4.76. The van der Waals surface area contributed by atoms with Crippen LogP contribution in [0.1, 0.15) is 53.8 Å². The molecule has 0 saturated heterocycles. The Morgan fingerprint density at radius 1 is 1.20 bits per heavy atom. The maximum Gasteiger partial charge on any atom is 0.208 e. The Hall–Kier alpha value is -1.61. The lowest BCUT2D eigenvalue weighted by Crippen LogP contribution is -2.20. The Kier molecular flexibility index (Phi) is 4.61. The number of rotatable bonds is 5. The van der Waals surface area contributed by atoms with E-state index in [2.05, 4.69) is 57.1 Å². The number of nitrogens with one attached hydrogen (secondary N) is 1. The van der Waals surface area contributed by atoms with E-state index in [-0.39, 0.29) is 6.04 Å². The zero-order valence-electron chi connectivity index (χ0n) is 13.1. The van der Waals surface area contributed by atoms with Gasteiger partial charge in [-0.2, -0.15) is 0 Å². The second kappa shape index (κ2) is 6.23. The van der Waals surface area contributed by atoms with Gasteiger partial charge in [-0.15, -0.1) is 0 Å². The van der Waals surface area contributed by atoms with Crippen molar-refractivity contribution in [3.8, 4) is 0 Å². The third-order valence-corrected chi connectivity index (χ3v) is 3.68. The van der Waals surface area contributed by atoms with Gasteiger partial charge in [-0.3, -0.25) is 0 Å². The highest BCUT2D eigenvalue weighted by Gasteiger charge is 2.12. The molecule has 0 aliphatic carbocycles. The smallest absolute Gasteiger partial charge is 0.208 e. The third kappa shape index (κ3) is 3.28. The molecule has 2 aromatic rings. The first kappa shape index (κ1) is 14.8. The lowest BCUT2D eigenvalue weighted by Gasteiger charge is -2.19. The quantitative estimate of drug-likeness (QED) is 0.893. The molecule has 0 aliphatic heterocycles. The molecule has 1 N–H and O–H groups in total. The van der Waals surface area contributed by atoms with E-state index in [1.54, 1.807) is 0 Å². The fourth-order valence-electron chi connectivity index (χ4n) is 2.81. The Balaban J connectivity index is 2.06. The second-order valence-electron chi connectivity index (χ2n) is 5.49. The summed E-state index contributed by atoms with van der Waals surface area (Å²) < 4.78 is 5.63. The summed E-state index contributed by atoms with van der Waals surface area (Å²) in [6.07, 6.45) is 2.70. The molecule has 1 aromatic heterocycles. The van der Waals surface area contributed by atoms with E-state index in [0.717, 1.165) is 18.1 Å². The van der Waals surface area contributed by atoms with E-state index < -0.39 is 0 Å². The summed E-state index contributed by atoms with van der Waals surface area (Å²) >= 11 is 0. The maximum atomic E-state index is 5.63. The Bertz CT molecular complexity index is 563. The fourth-order valence-corrected chi connectivity index (χ4v) is 2.81. The number of hydrogen-bond donors (Lipinski definition) is 1. The molecule has 1 heterocycles. The van der Waals surface area contributed by atoms with E-state index in [1.165, 1.54) is 22.3 Å². The zero-order valence-corrected chi connectivity index (χ0v) is 13.1. The van der Waals surface area contributed by atoms with Crippen molar-refractivity contribution in [3.05, 3.63) is 52.2 Å². The lowest BCUT2D eigenvalue weighted by molar-refractivity contribution is 0.423. The van der Waals surface area contributed by atoms with Crippen LogP contribution in [0.4, 0.5) is 0 Å². The van der Waals surface area contributed by atoms with Gasteiger partial charge >= 0.3 is 0 Å². The second-order valence-corrected chi connectivity index (χ2v) is 5.49. The van der Waals surface area contributed by atoms with Crippen LogP contribution in [0.2, 0.25) is 0 Å². The van der Waals surface area contributed by atoms with Crippen LogP contribution in [0.3, 0.4) is 0 Å². The van der Waals surface area contributed by atoms with E-state index >= 15 is 0 Å². The molecule has 2 rings (SSSR count).